The minimum absolute atomic E-state index is 0.148. The normalized spacial score (nSPS) is 17.7. The molecule has 146 valence electrons. The maximum Gasteiger partial charge on any atom is 0.246 e. The Kier molecular flexibility index (Phi) is 4.95. The summed E-state index contributed by atoms with van der Waals surface area (Å²) in [6, 6.07) is 16.8. The first-order valence-electron chi connectivity index (χ1n) is 9.16. The fraction of sp³-hybridized carbons (Fsp3) is 0.286. The molecule has 0 bridgehead atoms. The smallest absolute Gasteiger partial charge is 0.246 e. The second-order valence-corrected chi connectivity index (χ2v) is 8.86. The predicted molar refractivity (Wildman–Crippen MR) is 106 cm³/mol. The van der Waals surface area contributed by atoms with Crippen molar-refractivity contribution in [2.45, 2.75) is 24.2 Å². The molecule has 3 aromatic rings. The Balaban J connectivity index is 1.67. The van der Waals surface area contributed by atoms with Crippen LogP contribution in [0.25, 0.3) is 11.3 Å². The van der Waals surface area contributed by atoms with Crippen LogP contribution in [0.1, 0.15) is 23.6 Å². The van der Waals surface area contributed by atoms with E-state index in [4.69, 9.17) is 9.26 Å². The van der Waals surface area contributed by atoms with Crippen molar-refractivity contribution >= 4 is 10.0 Å². The minimum Gasteiger partial charge on any atom is -0.495 e. The number of methoxy groups -OCH3 is 1. The van der Waals surface area contributed by atoms with Crippen molar-refractivity contribution in [3.63, 3.8) is 0 Å². The molecule has 1 aromatic heterocycles. The van der Waals surface area contributed by atoms with Gasteiger partial charge in [0.05, 0.1) is 12.8 Å². The van der Waals surface area contributed by atoms with Gasteiger partial charge in [0, 0.05) is 24.7 Å². The summed E-state index contributed by atoms with van der Waals surface area (Å²) in [5.41, 5.74) is 2.55. The van der Waals surface area contributed by atoms with E-state index in [2.05, 4.69) is 5.16 Å². The first kappa shape index (κ1) is 18.7. The van der Waals surface area contributed by atoms with Gasteiger partial charge in [-0.15, -0.1) is 0 Å². The zero-order valence-electron chi connectivity index (χ0n) is 15.8. The summed E-state index contributed by atoms with van der Waals surface area (Å²) in [7, 11) is -2.22. The van der Waals surface area contributed by atoms with Gasteiger partial charge in [-0.1, -0.05) is 35.5 Å². The Bertz CT molecular complexity index is 1080. The Labute approximate surface area is 164 Å². The van der Waals surface area contributed by atoms with Crippen LogP contribution in [-0.4, -0.2) is 38.1 Å². The molecule has 0 spiro atoms. The van der Waals surface area contributed by atoms with E-state index in [-0.39, 0.29) is 10.8 Å². The number of rotatable bonds is 5. The predicted octanol–water partition coefficient (Wildman–Crippen LogP) is 3.84. The molecule has 0 aliphatic carbocycles. The van der Waals surface area contributed by atoms with Crippen LogP contribution in [0.15, 0.2) is 64.0 Å². The van der Waals surface area contributed by atoms with Gasteiger partial charge in [-0.25, -0.2) is 8.42 Å². The summed E-state index contributed by atoms with van der Waals surface area (Å²) >= 11 is 0. The Hall–Kier alpha value is -2.64. The fourth-order valence-electron chi connectivity index (χ4n) is 3.61. The first-order valence-corrected chi connectivity index (χ1v) is 10.6. The van der Waals surface area contributed by atoms with Crippen LogP contribution in [0, 0.1) is 6.92 Å². The van der Waals surface area contributed by atoms with Crippen LogP contribution in [0.4, 0.5) is 0 Å². The average Bonchev–Trinajstić information content (AvgIpc) is 3.38. The van der Waals surface area contributed by atoms with Crippen LogP contribution in [0.5, 0.6) is 5.75 Å². The van der Waals surface area contributed by atoms with E-state index in [1.807, 2.05) is 37.3 Å². The fourth-order valence-corrected chi connectivity index (χ4v) is 5.30. The van der Waals surface area contributed by atoms with Crippen LogP contribution in [0.3, 0.4) is 0 Å². The maximum atomic E-state index is 13.4. The van der Waals surface area contributed by atoms with Gasteiger partial charge in [0.15, 0.2) is 5.76 Å². The first-order chi connectivity index (χ1) is 13.5. The molecule has 1 fully saturated rings. The molecular formula is C21H22N2O4S. The lowest BCUT2D eigenvalue weighted by Crippen LogP contribution is -2.29. The summed E-state index contributed by atoms with van der Waals surface area (Å²) in [5, 5.41) is 3.88. The number of sulfonamides is 1. The molecule has 1 aliphatic heterocycles. The van der Waals surface area contributed by atoms with Crippen LogP contribution in [0.2, 0.25) is 0 Å². The Morgan fingerprint density at radius 3 is 2.61 bits per heavy atom. The zero-order chi connectivity index (χ0) is 19.7. The molecule has 28 heavy (non-hydrogen) atoms. The van der Waals surface area contributed by atoms with E-state index in [0.29, 0.717) is 30.2 Å². The molecule has 1 atom stereocenters. The quantitative estimate of drug-likeness (QED) is 0.653. The molecule has 7 heteroatoms. The highest BCUT2D eigenvalue weighted by Gasteiger charge is 2.35. The summed E-state index contributed by atoms with van der Waals surface area (Å²) in [5.74, 6) is 1.05. The molecule has 0 saturated carbocycles. The van der Waals surface area contributed by atoms with E-state index in [1.54, 1.807) is 24.3 Å². The highest BCUT2D eigenvalue weighted by Crippen LogP contribution is 2.36. The average molecular weight is 398 g/mol. The van der Waals surface area contributed by atoms with Gasteiger partial charge in [0.2, 0.25) is 10.0 Å². The number of ether oxygens (including phenoxy) is 1. The van der Waals surface area contributed by atoms with E-state index in [0.717, 1.165) is 17.7 Å². The molecule has 2 aromatic carbocycles. The lowest BCUT2D eigenvalue weighted by atomic mass is 9.99. The van der Waals surface area contributed by atoms with Crippen molar-refractivity contribution in [2.75, 3.05) is 20.2 Å². The second kappa shape index (κ2) is 7.41. The lowest BCUT2D eigenvalue weighted by molar-refractivity contribution is 0.397. The van der Waals surface area contributed by atoms with E-state index in [9.17, 15) is 8.42 Å². The highest BCUT2D eigenvalue weighted by molar-refractivity contribution is 7.89. The summed E-state index contributed by atoms with van der Waals surface area (Å²) in [4.78, 5) is 0.148. The molecule has 6 nitrogen and oxygen atoms in total. The topological polar surface area (TPSA) is 72.6 Å². The van der Waals surface area contributed by atoms with E-state index >= 15 is 0 Å². The van der Waals surface area contributed by atoms with Crippen molar-refractivity contribution in [2.24, 2.45) is 0 Å². The number of hydrogen-bond donors (Lipinski definition) is 0. The van der Waals surface area contributed by atoms with Gasteiger partial charge in [0.25, 0.3) is 0 Å². The third-order valence-corrected chi connectivity index (χ3v) is 7.00. The van der Waals surface area contributed by atoms with E-state index < -0.39 is 10.0 Å². The van der Waals surface area contributed by atoms with Crippen molar-refractivity contribution in [3.05, 3.63) is 65.9 Å². The van der Waals surface area contributed by atoms with Crippen LogP contribution in [-0.2, 0) is 10.0 Å². The molecule has 0 unspecified atom stereocenters. The Morgan fingerprint density at radius 1 is 1.14 bits per heavy atom. The molecule has 2 heterocycles. The van der Waals surface area contributed by atoms with Crippen LogP contribution >= 0.6 is 0 Å². The number of aromatic nitrogens is 1. The number of aryl methyl sites for hydroxylation is 1. The van der Waals surface area contributed by atoms with E-state index in [1.165, 1.54) is 11.4 Å². The second-order valence-electron chi connectivity index (χ2n) is 6.96. The standard InChI is InChI=1S/C21H22N2O4S/c1-15-12-20(27-22-15)17-8-9-19(26-2)21(13-17)28(24,25)23-11-10-18(14-23)16-6-4-3-5-7-16/h3-9,12-13,18H,10-11,14H2,1-2H3/t18-/m1/s1. The SMILES string of the molecule is COc1ccc(-c2cc(C)no2)cc1S(=O)(=O)N1CC[C@@H](c2ccccc2)C1. The van der Waals surface area contributed by atoms with Crippen molar-refractivity contribution < 1.29 is 17.7 Å². The van der Waals surface area contributed by atoms with Gasteiger partial charge < -0.3 is 9.26 Å². The molecule has 0 amide bonds. The Morgan fingerprint density at radius 2 is 1.93 bits per heavy atom. The van der Waals surface area contributed by atoms with Gasteiger partial charge >= 0.3 is 0 Å². The third kappa shape index (κ3) is 3.43. The molecule has 0 N–H and O–H groups in total. The number of nitrogens with zero attached hydrogens (tertiary/aromatic N) is 2. The van der Waals surface area contributed by atoms with Gasteiger partial charge in [-0.2, -0.15) is 4.31 Å². The molecule has 1 aliphatic rings. The van der Waals surface area contributed by atoms with Crippen molar-refractivity contribution in [1.29, 1.82) is 0 Å². The summed E-state index contributed by atoms with van der Waals surface area (Å²) < 4.78 is 38.9. The highest BCUT2D eigenvalue weighted by atomic mass is 32.2. The summed E-state index contributed by atoms with van der Waals surface area (Å²) in [6.45, 7) is 2.76. The molecule has 1 saturated heterocycles. The zero-order valence-corrected chi connectivity index (χ0v) is 16.6. The number of benzene rings is 2. The lowest BCUT2D eigenvalue weighted by Gasteiger charge is -2.19. The molecule has 0 radical (unpaired) electrons. The number of hydrogen-bond acceptors (Lipinski definition) is 5. The van der Waals surface area contributed by atoms with Crippen molar-refractivity contribution in [3.8, 4) is 17.1 Å². The van der Waals surface area contributed by atoms with Gasteiger partial charge in [-0.05, 0) is 43.0 Å². The minimum atomic E-state index is -3.70. The molecular weight excluding hydrogens is 376 g/mol. The summed E-state index contributed by atoms with van der Waals surface area (Å²) in [6.07, 6.45) is 0.798. The molecule has 4 rings (SSSR count). The van der Waals surface area contributed by atoms with Gasteiger partial charge in [-0.3, -0.25) is 0 Å². The van der Waals surface area contributed by atoms with Crippen LogP contribution < -0.4 is 4.74 Å². The maximum absolute atomic E-state index is 13.4. The monoisotopic (exact) mass is 398 g/mol. The van der Waals surface area contributed by atoms with Gasteiger partial charge in [0.1, 0.15) is 10.6 Å². The van der Waals surface area contributed by atoms with Crippen molar-refractivity contribution in [1.82, 2.24) is 9.46 Å². The third-order valence-electron chi connectivity index (χ3n) is 5.12. The largest absolute Gasteiger partial charge is 0.495 e.